The summed E-state index contributed by atoms with van der Waals surface area (Å²) in [5, 5.41) is 2.71. The molecule has 0 aliphatic heterocycles. The Balaban J connectivity index is 1.84. The summed E-state index contributed by atoms with van der Waals surface area (Å²) in [5.41, 5.74) is 1.73. The number of hydrogen-bond donors (Lipinski definition) is 1. The molecule has 4 nitrogen and oxygen atoms in total. The maximum absolute atomic E-state index is 12.0. The van der Waals surface area contributed by atoms with E-state index < -0.39 is 0 Å². The summed E-state index contributed by atoms with van der Waals surface area (Å²) in [6.07, 6.45) is -0.155. The first-order valence-electron chi connectivity index (χ1n) is 6.78. The fourth-order valence-corrected chi connectivity index (χ4v) is 1.94. The summed E-state index contributed by atoms with van der Waals surface area (Å²) in [7, 11) is 1.70. The van der Waals surface area contributed by atoms with E-state index in [9.17, 15) is 9.59 Å². The summed E-state index contributed by atoms with van der Waals surface area (Å²) < 4.78 is 0. The molecular weight excluding hydrogens is 264 g/mol. The highest BCUT2D eigenvalue weighted by Gasteiger charge is 2.14. The summed E-state index contributed by atoms with van der Waals surface area (Å²) in [6, 6.07) is 18.8. The van der Waals surface area contributed by atoms with Gasteiger partial charge in [0.05, 0.1) is 0 Å². The minimum absolute atomic E-state index is 0.155. The van der Waals surface area contributed by atoms with Crippen LogP contribution in [0, 0.1) is 0 Å². The number of rotatable bonds is 5. The Morgan fingerprint density at radius 3 is 2.14 bits per heavy atom. The van der Waals surface area contributed by atoms with Gasteiger partial charge in [-0.1, -0.05) is 48.5 Å². The number of amides is 2. The predicted molar refractivity (Wildman–Crippen MR) is 82.6 cm³/mol. The number of hydrogen-bond acceptors (Lipinski definition) is 2. The lowest BCUT2D eigenvalue weighted by Gasteiger charge is -2.17. The molecule has 108 valence electrons. The van der Waals surface area contributed by atoms with Gasteiger partial charge < -0.3 is 10.2 Å². The number of carbonyl (C=O) groups excluding carboxylic acids is 2. The summed E-state index contributed by atoms with van der Waals surface area (Å²) in [4.78, 5) is 25.4. The molecule has 0 aliphatic carbocycles. The third-order valence-electron chi connectivity index (χ3n) is 3.06. The molecule has 0 saturated heterocycles. The second kappa shape index (κ2) is 7.24. The highest BCUT2D eigenvalue weighted by atomic mass is 16.2. The first-order chi connectivity index (χ1) is 10.1. The van der Waals surface area contributed by atoms with E-state index in [1.165, 1.54) is 0 Å². The van der Waals surface area contributed by atoms with Crippen molar-refractivity contribution >= 4 is 17.5 Å². The molecule has 2 aromatic rings. The molecule has 0 saturated carbocycles. The molecule has 0 bridgehead atoms. The molecule has 2 amide bonds. The topological polar surface area (TPSA) is 49.4 Å². The quantitative estimate of drug-likeness (QED) is 0.857. The average Bonchev–Trinajstić information content (AvgIpc) is 2.49. The molecule has 1 N–H and O–H groups in total. The van der Waals surface area contributed by atoms with Crippen LogP contribution in [0.1, 0.15) is 12.0 Å². The van der Waals surface area contributed by atoms with Gasteiger partial charge in [-0.2, -0.15) is 0 Å². The summed E-state index contributed by atoms with van der Waals surface area (Å²) in [5.74, 6) is -0.501. The van der Waals surface area contributed by atoms with Crippen LogP contribution in [-0.2, 0) is 16.1 Å². The second-order valence-corrected chi connectivity index (χ2v) is 4.83. The molecule has 0 heterocycles. The van der Waals surface area contributed by atoms with Crippen molar-refractivity contribution in [2.75, 3.05) is 12.4 Å². The van der Waals surface area contributed by atoms with Gasteiger partial charge in [-0.15, -0.1) is 0 Å². The van der Waals surface area contributed by atoms with Gasteiger partial charge in [-0.3, -0.25) is 9.59 Å². The maximum atomic E-state index is 12.0. The molecule has 0 aromatic heterocycles. The lowest BCUT2D eigenvalue weighted by atomic mass is 10.2. The monoisotopic (exact) mass is 282 g/mol. The number of anilines is 1. The molecule has 0 unspecified atom stereocenters. The first kappa shape index (κ1) is 14.8. The maximum Gasteiger partial charge on any atom is 0.233 e. The Hall–Kier alpha value is -2.62. The third kappa shape index (κ3) is 4.76. The van der Waals surface area contributed by atoms with E-state index in [4.69, 9.17) is 0 Å². The van der Waals surface area contributed by atoms with Crippen LogP contribution < -0.4 is 5.32 Å². The molecule has 0 aliphatic rings. The van der Waals surface area contributed by atoms with E-state index in [2.05, 4.69) is 5.32 Å². The van der Waals surface area contributed by atoms with E-state index in [-0.39, 0.29) is 18.2 Å². The van der Waals surface area contributed by atoms with Crippen LogP contribution in [0.15, 0.2) is 60.7 Å². The molecular formula is C17H18N2O2. The van der Waals surface area contributed by atoms with Gasteiger partial charge >= 0.3 is 0 Å². The second-order valence-electron chi connectivity index (χ2n) is 4.83. The van der Waals surface area contributed by atoms with Crippen LogP contribution in [-0.4, -0.2) is 23.8 Å². The molecule has 0 spiro atoms. The number of para-hydroxylation sites is 1. The molecule has 0 atom stereocenters. The largest absolute Gasteiger partial charge is 0.341 e. The van der Waals surface area contributed by atoms with E-state index in [1.54, 1.807) is 24.1 Å². The van der Waals surface area contributed by atoms with Gasteiger partial charge in [-0.05, 0) is 17.7 Å². The Morgan fingerprint density at radius 2 is 1.52 bits per heavy atom. The lowest BCUT2D eigenvalue weighted by molar-refractivity contribution is -0.133. The van der Waals surface area contributed by atoms with Crippen molar-refractivity contribution in [3.63, 3.8) is 0 Å². The number of carbonyl (C=O) groups is 2. The van der Waals surface area contributed by atoms with Crippen molar-refractivity contribution in [1.82, 2.24) is 4.90 Å². The predicted octanol–water partition coefficient (Wildman–Crippen LogP) is 2.67. The van der Waals surface area contributed by atoms with Crippen LogP contribution in [0.25, 0.3) is 0 Å². The van der Waals surface area contributed by atoms with Gasteiger partial charge in [-0.25, -0.2) is 0 Å². The van der Waals surface area contributed by atoms with Crippen molar-refractivity contribution in [3.8, 4) is 0 Å². The van der Waals surface area contributed by atoms with Gasteiger partial charge in [0, 0.05) is 19.3 Å². The zero-order valence-electron chi connectivity index (χ0n) is 12.0. The smallest absolute Gasteiger partial charge is 0.233 e. The van der Waals surface area contributed by atoms with Crippen molar-refractivity contribution in [1.29, 1.82) is 0 Å². The normalized spacial score (nSPS) is 9.95. The van der Waals surface area contributed by atoms with E-state index >= 15 is 0 Å². The van der Waals surface area contributed by atoms with Crippen LogP contribution in [0.3, 0.4) is 0 Å². The van der Waals surface area contributed by atoms with Gasteiger partial charge in [0.2, 0.25) is 11.8 Å². The van der Waals surface area contributed by atoms with E-state index in [1.807, 2.05) is 48.5 Å². The van der Waals surface area contributed by atoms with Crippen LogP contribution in [0.2, 0.25) is 0 Å². The molecule has 2 rings (SSSR count). The van der Waals surface area contributed by atoms with Crippen molar-refractivity contribution in [2.24, 2.45) is 0 Å². The Kier molecular flexibility index (Phi) is 5.10. The molecule has 0 radical (unpaired) electrons. The SMILES string of the molecule is CN(Cc1ccccc1)C(=O)CC(=O)Nc1ccccc1. The van der Waals surface area contributed by atoms with Crippen molar-refractivity contribution < 1.29 is 9.59 Å². The summed E-state index contributed by atoms with van der Waals surface area (Å²) in [6.45, 7) is 0.498. The molecule has 4 heteroatoms. The average molecular weight is 282 g/mol. The van der Waals surface area contributed by atoms with E-state index in [0.29, 0.717) is 12.2 Å². The summed E-state index contributed by atoms with van der Waals surface area (Å²) >= 11 is 0. The fourth-order valence-electron chi connectivity index (χ4n) is 1.94. The Morgan fingerprint density at radius 1 is 0.952 bits per heavy atom. The minimum atomic E-state index is -0.300. The number of nitrogens with zero attached hydrogens (tertiary/aromatic N) is 1. The Labute approximate surface area is 124 Å². The van der Waals surface area contributed by atoms with Crippen LogP contribution in [0.4, 0.5) is 5.69 Å². The highest BCUT2D eigenvalue weighted by molar-refractivity contribution is 6.03. The molecule has 0 fully saturated rings. The molecule has 21 heavy (non-hydrogen) atoms. The van der Waals surface area contributed by atoms with Gasteiger partial charge in [0.25, 0.3) is 0 Å². The van der Waals surface area contributed by atoms with Crippen LogP contribution >= 0.6 is 0 Å². The zero-order valence-corrected chi connectivity index (χ0v) is 12.0. The lowest BCUT2D eigenvalue weighted by Crippen LogP contribution is -2.30. The van der Waals surface area contributed by atoms with Crippen LogP contribution in [0.5, 0.6) is 0 Å². The van der Waals surface area contributed by atoms with Crippen molar-refractivity contribution in [2.45, 2.75) is 13.0 Å². The molecule has 2 aromatic carbocycles. The number of nitrogens with one attached hydrogen (secondary N) is 1. The van der Waals surface area contributed by atoms with Gasteiger partial charge in [0.15, 0.2) is 0 Å². The zero-order chi connectivity index (χ0) is 15.1. The number of benzene rings is 2. The first-order valence-corrected chi connectivity index (χ1v) is 6.78. The standard InChI is InChI=1S/C17H18N2O2/c1-19(13-14-8-4-2-5-9-14)17(21)12-16(20)18-15-10-6-3-7-11-15/h2-11H,12-13H2,1H3,(H,18,20). The highest BCUT2D eigenvalue weighted by Crippen LogP contribution is 2.07. The minimum Gasteiger partial charge on any atom is -0.341 e. The van der Waals surface area contributed by atoms with Crippen molar-refractivity contribution in [3.05, 3.63) is 66.2 Å². The Bertz CT molecular complexity index is 597. The fraction of sp³-hybridized carbons (Fsp3) is 0.176. The van der Waals surface area contributed by atoms with E-state index in [0.717, 1.165) is 5.56 Å². The third-order valence-corrected chi connectivity index (χ3v) is 3.06. The van der Waals surface area contributed by atoms with Gasteiger partial charge in [0.1, 0.15) is 6.42 Å².